The van der Waals surface area contributed by atoms with Gasteiger partial charge in [-0.25, -0.2) is 8.78 Å². The van der Waals surface area contributed by atoms with Crippen molar-refractivity contribution in [1.29, 1.82) is 0 Å². The Hall–Kier alpha value is -0.960. The minimum atomic E-state index is -0.343. The molecule has 1 aliphatic heterocycles. The molecule has 2 rings (SSSR count). The van der Waals surface area contributed by atoms with Crippen LogP contribution in [0, 0.1) is 17.6 Å². The first-order valence-corrected chi connectivity index (χ1v) is 5.88. The lowest BCUT2D eigenvalue weighted by molar-refractivity contribution is 0.310. The molecule has 16 heavy (non-hydrogen) atoms. The number of hydrogen-bond acceptors (Lipinski definition) is 1. The number of nitrogens with one attached hydrogen (secondary N) is 1. The van der Waals surface area contributed by atoms with Gasteiger partial charge in [0.1, 0.15) is 11.6 Å². The molecule has 2 atom stereocenters. The molecule has 3 heteroatoms. The fourth-order valence-electron chi connectivity index (χ4n) is 2.56. The molecule has 1 saturated heterocycles. The third-order valence-corrected chi connectivity index (χ3v) is 3.49. The Balaban J connectivity index is 2.30. The topological polar surface area (TPSA) is 12.0 Å². The second-order valence-electron chi connectivity index (χ2n) is 4.43. The second kappa shape index (κ2) is 4.91. The number of hydrogen-bond donors (Lipinski definition) is 1. The number of rotatable bonds is 2. The van der Waals surface area contributed by atoms with Crippen molar-refractivity contribution in [2.45, 2.75) is 25.7 Å². The predicted molar refractivity (Wildman–Crippen MR) is 60.4 cm³/mol. The number of halogens is 2. The van der Waals surface area contributed by atoms with Gasteiger partial charge in [-0.2, -0.15) is 0 Å². The van der Waals surface area contributed by atoms with Crippen molar-refractivity contribution in [2.75, 3.05) is 13.1 Å². The van der Waals surface area contributed by atoms with E-state index < -0.39 is 0 Å². The summed E-state index contributed by atoms with van der Waals surface area (Å²) in [6.07, 6.45) is 1.88. The largest absolute Gasteiger partial charge is 0.316 e. The van der Waals surface area contributed by atoms with Crippen LogP contribution in [-0.4, -0.2) is 13.1 Å². The Morgan fingerprint density at radius 3 is 2.94 bits per heavy atom. The Morgan fingerprint density at radius 2 is 2.19 bits per heavy atom. The van der Waals surface area contributed by atoms with Crippen LogP contribution in [0.15, 0.2) is 18.2 Å². The van der Waals surface area contributed by atoms with Crippen molar-refractivity contribution in [3.63, 3.8) is 0 Å². The highest BCUT2D eigenvalue weighted by molar-refractivity contribution is 5.24. The Bertz CT molecular complexity index is 365. The van der Waals surface area contributed by atoms with Gasteiger partial charge in [0.15, 0.2) is 0 Å². The summed E-state index contributed by atoms with van der Waals surface area (Å²) in [5, 5.41) is 3.30. The maximum absolute atomic E-state index is 13.7. The Labute approximate surface area is 94.9 Å². The molecule has 1 aromatic rings. The van der Waals surface area contributed by atoms with Gasteiger partial charge >= 0.3 is 0 Å². The highest BCUT2D eigenvalue weighted by Gasteiger charge is 2.27. The summed E-state index contributed by atoms with van der Waals surface area (Å²) in [6, 6.07) is 3.77. The van der Waals surface area contributed by atoms with E-state index in [0.29, 0.717) is 11.5 Å². The smallest absolute Gasteiger partial charge is 0.126 e. The summed E-state index contributed by atoms with van der Waals surface area (Å²) < 4.78 is 26.8. The first-order valence-electron chi connectivity index (χ1n) is 5.88. The van der Waals surface area contributed by atoms with Crippen LogP contribution in [0.1, 0.15) is 31.2 Å². The van der Waals surface area contributed by atoms with Crippen LogP contribution in [-0.2, 0) is 0 Å². The molecule has 2 unspecified atom stereocenters. The molecular formula is C13H17F2N. The zero-order valence-corrected chi connectivity index (χ0v) is 9.47. The average Bonchev–Trinajstić information content (AvgIpc) is 2.32. The molecule has 0 bridgehead atoms. The van der Waals surface area contributed by atoms with Crippen molar-refractivity contribution in [3.05, 3.63) is 35.4 Å². The van der Waals surface area contributed by atoms with E-state index in [1.165, 1.54) is 18.2 Å². The zero-order chi connectivity index (χ0) is 11.5. The Morgan fingerprint density at radius 1 is 1.38 bits per heavy atom. The predicted octanol–water partition coefficient (Wildman–Crippen LogP) is 3.07. The van der Waals surface area contributed by atoms with Gasteiger partial charge in [-0.3, -0.25) is 0 Å². The van der Waals surface area contributed by atoms with Crippen LogP contribution < -0.4 is 5.32 Å². The van der Waals surface area contributed by atoms with E-state index in [1.807, 2.05) is 0 Å². The van der Waals surface area contributed by atoms with Crippen molar-refractivity contribution in [2.24, 2.45) is 5.92 Å². The molecule has 1 nitrogen and oxygen atoms in total. The molecule has 1 aromatic carbocycles. The van der Waals surface area contributed by atoms with Crippen molar-refractivity contribution in [3.8, 4) is 0 Å². The normalized spacial score (nSPS) is 25.7. The molecule has 88 valence electrons. The van der Waals surface area contributed by atoms with Crippen LogP contribution in [0.4, 0.5) is 8.78 Å². The fourth-order valence-corrected chi connectivity index (χ4v) is 2.56. The molecule has 0 spiro atoms. The summed E-state index contributed by atoms with van der Waals surface area (Å²) in [4.78, 5) is 0. The highest BCUT2D eigenvalue weighted by Crippen LogP contribution is 2.33. The van der Waals surface area contributed by atoms with Crippen LogP contribution in [0.3, 0.4) is 0 Å². The molecule has 0 radical (unpaired) electrons. The summed E-state index contributed by atoms with van der Waals surface area (Å²) >= 11 is 0. The fraction of sp³-hybridized carbons (Fsp3) is 0.538. The number of piperidine rings is 1. The minimum Gasteiger partial charge on any atom is -0.316 e. The van der Waals surface area contributed by atoms with E-state index in [-0.39, 0.29) is 17.6 Å². The standard InChI is InChI=1S/C13H17F2N/c1-2-9-8-16-6-5-11(9)12-7-10(14)3-4-13(12)15/h3-4,7,9,11,16H,2,5-6,8H2,1H3. The van der Waals surface area contributed by atoms with Crippen molar-refractivity contribution >= 4 is 0 Å². The number of benzene rings is 1. The zero-order valence-electron chi connectivity index (χ0n) is 9.47. The molecule has 1 heterocycles. The van der Waals surface area contributed by atoms with E-state index in [4.69, 9.17) is 0 Å². The van der Waals surface area contributed by atoms with Gasteiger partial charge in [-0.1, -0.05) is 13.3 Å². The van der Waals surface area contributed by atoms with E-state index in [9.17, 15) is 8.78 Å². The van der Waals surface area contributed by atoms with Crippen LogP contribution >= 0.6 is 0 Å². The third kappa shape index (κ3) is 2.24. The maximum Gasteiger partial charge on any atom is 0.126 e. The molecule has 1 fully saturated rings. The van der Waals surface area contributed by atoms with Crippen molar-refractivity contribution in [1.82, 2.24) is 5.32 Å². The molecule has 0 saturated carbocycles. The van der Waals surface area contributed by atoms with E-state index in [2.05, 4.69) is 12.2 Å². The van der Waals surface area contributed by atoms with Crippen LogP contribution in [0.5, 0.6) is 0 Å². The summed E-state index contributed by atoms with van der Waals surface area (Å²) in [6.45, 7) is 3.89. The van der Waals surface area contributed by atoms with Gasteiger partial charge < -0.3 is 5.32 Å². The van der Waals surface area contributed by atoms with Gasteiger partial charge in [-0.15, -0.1) is 0 Å². The van der Waals surface area contributed by atoms with Crippen LogP contribution in [0.2, 0.25) is 0 Å². The van der Waals surface area contributed by atoms with E-state index >= 15 is 0 Å². The van der Waals surface area contributed by atoms with Gasteiger partial charge in [-0.05, 0) is 55.1 Å². The lowest BCUT2D eigenvalue weighted by Crippen LogP contribution is -2.35. The van der Waals surface area contributed by atoms with Crippen molar-refractivity contribution < 1.29 is 8.78 Å². The summed E-state index contributed by atoms with van der Waals surface area (Å²) in [5.74, 6) is -0.0523. The molecule has 0 aliphatic carbocycles. The molecule has 0 amide bonds. The first-order chi connectivity index (χ1) is 7.72. The Kier molecular flexibility index (Phi) is 3.54. The molecule has 1 N–H and O–H groups in total. The first kappa shape index (κ1) is 11.5. The SMILES string of the molecule is CCC1CNCCC1c1cc(F)ccc1F. The quantitative estimate of drug-likeness (QED) is 0.815. The molecule has 1 aliphatic rings. The molecular weight excluding hydrogens is 208 g/mol. The lowest BCUT2D eigenvalue weighted by Gasteiger charge is -2.32. The van der Waals surface area contributed by atoms with Gasteiger partial charge in [0.2, 0.25) is 0 Å². The van der Waals surface area contributed by atoms with Gasteiger partial charge in [0, 0.05) is 0 Å². The summed E-state index contributed by atoms with van der Waals surface area (Å²) in [7, 11) is 0. The monoisotopic (exact) mass is 225 g/mol. The minimum absolute atomic E-state index is 0.155. The van der Waals surface area contributed by atoms with E-state index in [0.717, 1.165) is 25.9 Å². The van der Waals surface area contributed by atoms with Crippen LogP contribution in [0.25, 0.3) is 0 Å². The highest BCUT2D eigenvalue weighted by atomic mass is 19.1. The second-order valence-corrected chi connectivity index (χ2v) is 4.43. The van der Waals surface area contributed by atoms with Gasteiger partial charge in [0.05, 0.1) is 0 Å². The summed E-state index contributed by atoms with van der Waals surface area (Å²) in [5.41, 5.74) is 0.549. The third-order valence-electron chi connectivity index (χ3n) is 3.49. The van der Waals surface area contributed by atoms with Gasteiger partial charge in [0.25, 0.3) is 0 Å². The lowest BCUT2D eigenvalue weighted by atomic mass is 9.79. The van der Waals surface area contributed by atoms with E-state index in [1.54, 1.807) is 0 Å². The molecule has 0 aromatic heterocycles. The average molecular weight is 225 g/mol. The maximum atomic E-state index is 13.7.